The first kappa shape index (κ1) is 9.66. The second-order valence-corrected chi connectivity index (χ2v) is 5.71. The van der Waals surface area contributed by atoms with Crippen LogP contribution in [0, 0.1) is 5.41 Å². The van der Waals surface area contributed by atoms with Crippen molar-refractivity contribution >= 4 is 21.6 Å². The Bertz CT molecular complexity index is 437. The van der Waals surface area contributed by atoms with Gasteiger partial charge in [0.2, 0.25) is 0 Å². The zero-order chi connectivity index (χ0) is 10.2. The Labute approximate surface area is 88.8 Å². The number of rotatable bonds is 1. The predicted octanol–water partition coefficient (Wildman–Crippen LogP) is 3.88. The molecule has 14 heavy (non-hydrogen) atoms. The molecule has 0 bridgehead atoms. The maximum Gasteiger partial charge on any atom is 0.123 e. The van der Waals surface area contributed by atoms with Gasteiger partial charge in [-0.3, -0.25) is 0 Å². The molecular weight excluding hydrogens is 190 g/mol. The molecule has 2 heteroatoms. The lowest BCUT2D eigenvalue weighted by Gasteiger charge is -2.17. The molecule has 0 radical (unpaired) electrons. The van der Waals surface area contributed by atoms with Gasteiger partial charge >= 0.3 is 0 Å². The summed E-state index contributed by atoms with van der Waals surface area (Å²) in [6.45, 7) is 6.81. The maximum atomic E-state index is 4.35. The van der Waals surface area contributed by atoms with Gasteiger partial charge in [-0.25, -0.2) is 4.98 Å². The van der Waals surface area contributed by atoms with Gasteiger partial charge in [-0.1, -0.05) is 26.8 Å². The topological polar surface area (TPSA) is 12.9 Å². The fraction of sp³-hybridized carbons (Fsp3) is 0.417. The van der Waals surface area contributed by atoms with Crippen LogP contribution in [0.1, 0.15) is 26.3 Å². The second kappa shape index (κ2) is 3.35. The minimum absolute atomic E-state index is 0.351. The van der Waals surface area contributed by atoms with Crippen molar-refractivity contribution in [2.24, 2.45) is 5.41 Å². The summed E-state index contributed by atoms with van der Waals surface area (Å²) in [5, 5.41) is 3.57. The summed E-state index contributed by atoms with van der Waals surface area (Å²) in [5.74, 6) is 0. The predicted molar refractivity (Wildman–Crippen MR) is 62.8 cm³/mol. The number of hydrogen-bond donors (Lipinski definition) is 0. The van der Waals surface area contributed by atoms with E-state index in [1.54, 1.807) is 11.3 Å². The maximum absolute atomic E-state index is 4.35. The highest BCUT2D eigenvalue weighted by Crippen LogP contribution is 2.29. The largest absolute Gasteiger partial charge is 0.245 e. The molecule has 0 unspecified atom stereocenters. The summed E-state index contributed by atoms with van der Waals surface area (Å²) in [5.41, 5.74) is 1.79. The van der Waals surface area contributed by atoms with Crippen LogP contribution in [0.5, 0.6) is 0 Å². The summed E-state index contributed by atoms with van der Waals surface area (Å²) >= 11 is 1.74. The van der Waals surface area contributed by atoms with E-state index >= 15 is 0 Å². The SMILES string of the molecule is CC(C)(C)Cc1csc2ncccc12. The van der Waals surface area contributed by atoms with Crippen molar-refractivity contribution in [3.05, 3.63) is 29.3 Å². The zero-order valence-electron chi connectivity index (χ0n) is 8.87. The number of hydrogen-bond acceptors (Lipinski definition) is 2. The summed E-state index contributed by atoms with van der Waals surface area (Å²) < 4.78 is 0. The summed E-state index contributed by atoms with van der Waals surface area (Å²) in [6.07, 6.45) is 2.98. The van der Waals surface area contributed by atoms with Crippen LogP contribution in [0.4, 0.5) is 0 Å². The molecule has 2 aromatic heterocycles. The van der Waals surface area contributed by atoms with E-state index < -0.39 is 0 Å². The van der Waals surface area contributed by atoms with Crippen LogP contribution in [0.15, 0.2) is 23.7 Å². The van der Waals surface area contributed by atoms with Crippen LogP contribution in [0.25, 0.3) is 10.2 Å². The molecule has 0 fully saturated rings. The number of fused-ring (bicyclic) bond motifs is 1. The highest BCUT2D eigenvalue weighted by Gasteiger charge is 2.14. The molecule has 1 nitrogen and oxygen atoms in total. The first-order chi connectivity index (χ1) is 6.56. The van der Waals surface area contributed by atoms with Crippen molar-refractivity contribution in [2.75, 3.05) is 0 Å². The molecule has 2 aromatic rings. The van der Waals surface area contributed by atoms with Gasteiger partial charge in [0.25, 0.3) is 0 Å². The van der Waals surface area contributed by atoms with Gasteiger partial charge in [0.15, 0.2) is 0 Å². The lowest BCUT2D eigenvalue weighted by Crippen LogP contribution is -2.08. The van der Waals surface area contributed by atoms with Crippen LogP contribution < -0.4 is 0 Å². The lowest BCUT2D eigenvalue weighted by molar-refractivity contribution is 0.413. The zero-order valence-corrected chi connectivity index (χ0v) is 9.69. The first-order valence-electron chi connectivity index (χ1n) is 4.87. The van der Waals surface area contributed by atoms with E-state index in [9.17, 15) is 0 Å². The minimum atomic E-state index is 0.351. The smallest absolute Gasteiger partial charge is 0.123 e. The van der Waals surface area contributed by atoms with E-state index in [1.807, 2.05) is 12.3 Å². The molecule has 0 aliphatic rings. The average Bonchev–Trinajstić information content (AvgIpc) is 2.47. The van der Waals surface area contributed by atoms with E-state index in [-0.39, 0.29) is 0 Å². The molecule has 2 rings (SSSR count). The Morgan fingerprint density at radius 1 is 1.36 bits per heavy atom. The lowest BCUT2D eigenvalue weighted by atomic mass is 9.88. The molecule has 74 valence electrons. The Kier molecular flexibility index (Phi) is 2.31. The number of nitrogens with zero attached hydrogens (tertiary/aromatic N) is 1. The van der Waals surface area contributed by atoms with Crippen LogP contribution >= 0.6 is 11.3 Å². The summed E-state index contributed by atoms with van der Waals surface area (Å²) in [7, 11) is 0. The third-order valence-electron chi connectivity index (χ3n) is 2.15. The Hall–Kier alpha value is -0.890. The second-order valence-electron chi connectivity index (χ2n) is 4.85. The highest BCUT2D eigenvalue weighted by molar-refractivity contribution is 7.16. The molecular formula is C12H15NS. The van der Waals surface area contributed by atoms with E-state index in [1.165, 1.54) is 10.9 Å². The summed E-state index contributed by atoms with van der Waals surface area (Å²) in [4.78, 5) is 5.51. The number of pyridine rings is 1. The molecule has 0 saturated heterocycles. The number of thiophene rings is 1. The van der Waals surface area contributed by atoms with Crippen LogP contribution in [-0.2, 0) is 6.42 Å². The molecule has 0 aliphatic carbocycles. The van der Waals surface area contributed by atoms with Gasteiger partial charge in [-0.05, 0) is 28.8 Å². The Morgan fingerprint density at radius 3 is 2.86 bits per heavy atom. The molecule has 2 heterocycles. The third kappa shape index (κ3) is 1.95. The molecule has 0 saturated carbocycles. The molecule has 0 N–H and O–H groups in total. The molecule has 0 aromatic carbocycles. The number of aromatic nitrogens is 1. The van der Waals surface area contributed by atoms with E-state index in [0.717, 1.165) is 11.3 Å². The monoisotopic (exact) mass is 205 g/mol. The van der Waals surface area contributed by atoms with Crippen LogP contribution in [-0.4, -0.2) is 4.98 Å². The van der Waals surface area contributed by atoms with E-state index in [2.05, 4.69) is 37.2 Å². The average molecular weight is 205 g/mol. The van der Waals surface area contributed by atoms with Gasteiger partial charge in [-0.15, -0.1) is 11.3 Å². The quantitative estimate of drug-likeness (QED) is 0.688. The Balaban J connectivity index is 2.44. The van der Waals surface area contributed by atoms with Crippen molar-refractivity contribution in [1.29, 1.82) is 0 Å². The van der Waals surface area contributed by atoms with E-state index in [0.29, 0.717) is 5.41 Å². The van der Waals surface area contributed by atoms with Gasteiger partial charge in [0.05, 0.1) is 0 Å². The van der Waals surface area contributed by atoms with E-state index in [4.69, 9.17) is 0 Å². The molecule has 0 atom stereocenters. The minimum Gasteiger partial charge on any atom is -0.245 e. The standard InChI is InChI=1S/C12H15NS/c1-12(2,3)7-9-8-14-11-10(9)5-4-6-13-11/h4-6,8H,7H2,1-3H3. The highest BCUT2D eigenvalue weighted by atomic mass is 32.1. The van der Waals surface area contributed by atoms with Crippen LogP contribution in [0.2, 0.25) is 0 Å². The van der Waals surface area contributed by atoms with Gasteiger partial charge in [-0.2, -0.15) is 0 Å². The third-order valence-corrected chi connectivity index (χ3v) is 3.10. The van der Waals surface area contributed by atoms with Crippen molar-refractivity contribution < 1.29 is 0 Å². The van der Waals surface area contributed by atoms with Crippen molar-refractivity contribution in [3.8, 4) is 0 Å². The summed E-state index contributed by atoms with van der Waals surface area (Å²) in [6, 6.07) is 4.18. The first-order valence-corrected chi connectivity index (χ1v) is 5.75. The van der Waals surface area contributed by atoms with Crippen molar-refractivity contribution in [3.63, 3.8) is 0 Å². The van der Waals surface area contributed by atoms with Gasteiger partial charge in [0, 0.05) is 11.6 Å². The normalized spacial score (nSPS) is 12.2. The van der Waals surface area contributed by atoms with Crippen molar-refractivity contribution in [2.45, 2.75) is 27.2 Å². The molecule has 0 amide bonds. The molecule has 0 spiro atoms. The van der Waals surface area contributed by atoms with Crippen LogP contribution in [0.3, 0.4) is 0 Å². The fourth-order valence-electron chi connectivity index (χ4n) is 1.63. The van der Waals surface area contributed by atoms with Gasteiger partial charge in [0.1, 0.15) is 4.83 Å². The fourth-order valence-corrected chi connectivity index (χ4v) is 2.54. The van der Waals surface area contributed by atoms with Gasteiger partial charge < -0.3 is 0 Å². The molecule has 0 aliphatic heterocycles. The van der Waals surface area contributed by atoms with Crippen molar-refractivity contribution in [1.82, 2.24) is 4.98 Å². The Morgan fingerprint density at radius 2 is 2.14 bits per heavy atom.